The third-order valence-electron chi connectivity index (χ3n) is 7.50. The number of amides is 1. The molecule has 1 saturated heterocycles. The van der Waals surface area contributed by atoms with Crippen LogP contribution in [0.2, 0.25) is 0 Å². The molecule has 6 rings (SSSR count). The number of hydrogen-bond acceptors (Lipinski definition) is 7. The van der Waals surface area contributed by atoms with E-state index in [1.54, 1.807) is 17.0 Å². The SMILES string of the molecule is Cc1ccc2nc(N(CCCN3CCOCC3)C(=O)c3ccc(S(=O)(=O)N4CCc5ccccc54)cc3)sc2c1.Cl. The molecule has 2 aliphatic rings. The highest BCUT2D eigenvalue weighted by atomic mass is 35.5. The number of fused-ring (bicyclic) bond motifs is 2. The molecule has 1 amide bonds. The fourth-order valence-corrected chi connectivity index (χ4v) is 7.90. The summed E-state index contributed by atoms with van der Waals surface area (Å²) in [4.78, 5) is 22.9. The van der Waals surface area contributed by atoms with Crippen LogP contribution in [-0.4, -0.2) is 70.1 Å². The molecule has 1 aromatic heterocycles. The minimum absolute atomic E-state index is 0. The van der Waals surface area contributed by atoms with Crippen LogP contribution in [0.4, 0.5) is 10.8 Å². The van der Waals surface area contributed by atoms with Crippen molar-refractivity contribution in [1.29, 1.82) is 0 Å². The standard InChI is InChI=1S/C30H32N4O4S2.ClH/c1-22-7-12-26-28(21-22)39-30(31-26)33(15-4-14-32-17-19-38-20-18-32)29(35)24-8-10-25(11-9-24)40(36,37)34-16-13-23-5-2-3-6-27(23)34;/h2-3,5-12,21H,4,13-20H2,1H3;1H. The van der Waals surface area contributed by atoms with Crippen LogP contribution in [0, 0.1) is 6.92 Å². The van der Waals surface area contributed by atoms with Crippen molar-refractivity contribution in [2.75, 3.05) is 55.1 Å². The summed E-state index contributed by atoms with van der Waals surface area (Å²) in [7, 11) is -3.73. The Hall–Kier alpha value is -3.02. The number of aromatic nitrogens is 1. The first-order valence-corrected chi connectivity index (χ1v) is 15.9. The Bertz CT molecular complexity index is 1640. The molecule has 0 unspecified atom stereocenters. The van der Waals surface area contributed by atoms with Gasteiger partial charge in [-0.25, -0.2) is 13.4 Å². The zero-order valence-corrected chi connectivity index (χ0v) is 25.3. The van der Waals surface area contributed by atoms with Gasteiger partial charge in [0.05, 0.1) is 34.0 Å². The van der Waals surface area contributed by atoms with Crippen LogP contribution >= 0.6 is 23.7 Å². The average molecular weight is 613 g/mol. The molecule has 216 valence electrons. The van der Waals surface area contributed by atoms with E-state index in [0.717, 1.165) is 66.3 Å². The van der Waals surface area contributed by atoms with E-state index in [4.69, 9.17) is 9.72 Å². The smallest absolute Gasteiger partial charge is 0.264 e. The fourth-order valence-electron chi connectivity index (χ4n) is 5.31. The minimum Gasteiger partial charge on any atom is -0.379 e. The van der Waals surface area contributed by atoms with Gasteiger partial charge in [-0.1, -0.05) is 35.6 Å². The van der Waals surface area contributed by atoms with E-state index in [0.29, 0.717) is 30.2 Å². The third-order valence-corrected chi connectivity index (χ3v) is 10.4. The summed E-state index contributed by atoms with van der Waals surface area (Å²) >= 11 is 1.50. The lowest BCUT2D eigenvalue weighted by Gasteiger charge is -2.27. The second-order valence-corrected chi connectivity index (χ2v) is 13.1. The summed E-state index contributed by atoms with van der Waals surface area (Å²) in [5.41, 5.74) is 4.19. The van der Waals surface area contributed by atoms with Crippen molar-refractivity contribution < 1.29 is 17.9 Å². The lowest BCUT2D eigenvalue weighted by atomic mass is 10.2. The first kappa shape index (κ1) is 29.5. The maximum Gasteiger partial charge on any atom is 0.264 e. The van der Waals surface area contributed by atoms with E-state index in [1.807, 2.05) is 43.3 Å². The normalized spacial score (nSPS) is 15.5. The van der Waals surface area contributed by atoms with Gasteiger partial charge in [0.15, 0.2) is 5.13 Å². The van der Waals surface area contributed by atoms with Gasteiger partial charge in [0.1, 0.15) is 0 Å². The van der Waals surface area contributed by atoms with E-state index >= 15 is 0 Å². The number of hydrogen-bond donors (Lipinski definition) is 0. The van der Waals surface area contributed by atoms with Crippen LogP contribution in [0.15, 0.2) is 71.6 Å². The van der Waals surface area contributed by atoms with E-state index in [-0.39, 0.29) is 23.2 Å². The van der Waals surface area contributed by atoms with Crippen LogP contribution in [0.5, 0.6) is 0 Å². The van der Waals surface area contributed by atoms with Gasteiger partial charge >= 0.3 is 0 Å². The number of halogens is 1. The zero-order chi connectivity index (χ0) is 27.7. The van der Waals surface area contributed by atoms with Crippen molar-refractivity contribution in [1.82, 2.24) is 9.88 Å². The van der Waals surface area contributed by atoms with Gasteiger partial charge in [0, 0.05) is 38.3 Å². The number of aryl methyl sites for hydroxylation is 1. The summed E-state index contributed by atoms with van der Waals surface area (Å²) in [5.74, 6) is -0.187. The Morgan fingerprint density at radius 1 is 1.02 bits per heavy atom. The molecule has 2 aliphatic heterocycles. The van der Waals surface area contributed by atoms with Crippen LogP contribution in [-0.2, 0) is 21.2 Å². The maximum atomic E-state index is 13.9. The van der Waals surface area contributed by atoms with Crippen molar-refractivity contribution in [3.8, 4) is 0 Å². The van der Waals surface area contributed by atoms with Gasteiger partial charge < -0.3 is 4.74 Å². The number of carbonyl (C=O) groups is 1. The van der Waals surface area contributed by atoms with Gasteiger partial charge in [-0.15, -0.1) is 12.4 Å². The molecule has 41 heavy (non-hydrogen) atoms. The molecule has 0 radical (unpaired) electrons. The molecule has 3 aromatic carbocycles. The van der Waals surface area contributed by atoms with Gasteiger partial charge in [-0.3, -0.25) is 18.9 Å². The molecule has 0 saturated carbocycles. The molecule has 8 nitrogen and oxygen atoms in total. The monoisotopic (exact) mass is 612 g/mol. The number of nitrogens with zero attached hydrogens (tertiary/aromatic N) is 4. The Morgan fingerprint density at radius 2 is 1.78 bits per heavy atom. The molecule has 0 spiro atoms. The lowest BCUT2D eigenvalue weighted by molar-refractivity contribution is 0.0376. The number of benzene rings is 3. The van der Waals surface area contributed by atoms with Crippen LogP contribution in [0.3, 0.4) is 0 Å². The Kier molecular flexibility index (Phi) is 8.96. The number of anilines is 2. The Morgan fingerprint density at radius 3 is 2.56 bits per heavy atom. The average Bonchev–Trinajstić information content (AvgIpc) is 3.60. The van der Waals surface area contributed by atoms with Gasteiger partial charge in [-0.05, 0) is 73.4 Å². The quantitative estimate of drug-likeness (QED) is 0.274. The Labute approximate surface area is 251 Å². The maximum absolute atomic E-state index is 13.9. The summed E-state index contributed by atoms with van der Waals surface area (Å²) in [5, 5.41) is 0.651. The highest BCUT2D eigenvalue weighted by Gasteiger charge is 2.31. The van der Waals surface area contributed by atoms with Crippen molar-refractivity contribution in [2.45, 2.75) is 24.7 Å². The number of para-hydroxylation sites is 1. The van der Waals surface area contributed by atoms with Crippen molar-refractivity contribution in [3.63, 3.8) is 0 Å². The number of sulfonamides is 1. The number of ether oxygens (including phenoxy) is 1. The van der Waals surface area contributed by atoms with Gasteiger partial charge in [0.2, 0.25) is 0 Å². The largest absolute Gasteiger partial charge is 0.379 e. The summed E-state index contributed by atoms with van der Waals surface area (Å²) in [6, 6.07) is 20.0. The second kappa shape index (κ2) is 12.5. The number of morpholine rings is 1. The van der Waals surface area contributed by atoms with Gasteiger partial charge in [0.25, 0.3) is 15.9 Å². The van der Waals surface area contributed by atoms with E-state index < -0.39 is 10.0 Å². The first-order chi connectivity index (χ1) is 19.4. The molecular formula is C30H33ClN4O4S2. The Balaban J connectivity index is 0.00000337. The first-order valence-electron chi connectivity index (χ1n) is 13.6. The molecule has 0 atom stereocenters. The number of rotatable bonds is 8. The molecule has 1 fully saturated rings. The number of carbonyl (C=O) groups excluding carboxylic acids is 1. The molecule has 4 aromatic rings. The van der Waals surface area contributed by atoms with Crippen LogP contribution < -0.4 is 9.21 Å². The number of thiazole rings is 1. The van der Waals surface area contributed by atoms with Crippen LogP contribution in [0.25, 0.3) is 10.2 Å². The minimum atomic E-state index is -3.73. The van der Waals surface area contributed by atoms with Gasteiger partial charge in [-0.2, -0.15) is 0 Å². The summed E-state index contributed by atoms with van der Waals surface area (Å²) in [6.45, 7) is 7.09. The predicted molar refractivity (Wildman–Crippen MR) is 166 cm³/mol. The van der Waals surface area contributed by atoms with Crippen molar-refractivity contribution in [2.24, 2.45) is 0 Å². The lowest BCUT2D eigenvalue weighted by Crippen LogP contribution is -2.39. The highest BCUT2D eigenvalue weighted by Crippen LogP contribution is 2.33. The van der Waals surface area contributed by atoms with Crippen molar-refractivity contribution in [3.05, 3.63) is 83.4 Å². The molecule has 0 bridgehead atoms. The topological polar surface area (TPSA) is 83.0 Å². The summed E-state index contributed by atoms with van der Waals surface area (Å²) < 4.78 is 34.9. The zero-order valence-electron chi connectivity index (χ0n) is 22.9. The summed E-state index contributed by atoms with van der Waals surface area (Å²) in [6.07, 6.45) is 1.48. The third kappa shape index (κ3) is 6.12. The van der Waals surface area contributed by atoms with E-state index in [1.165, 1.54) is 27.8 Å². The predicted octanol–water partition coefficient (Wildman–Crippen LogP) is 5.15. The fraction of sp³-hybridized carbons (Fsp3) is 0.333. The second-order valence-electron chi connectivity index (χ2n) is 10.2. The molecule has 0 N–H and O–H groups in total. The van der Waals surface area contributed by atoms with E-state index in [2.05, 4.69) is 11.0 Å². The highest BCUT2D eigenvalue weighted by molar-refractivity contribution is 7.92. The molecule has 3 heterocycles. The van der Waals surface area contributed by atoms with E-state index in [9.17, 15) is 13.2 Å². The molecular weight excluding hydrogens is 580 g/mol. The molecule has 0 aliphatic carbocycles. The van der Waals surface area contributed by atoms with Crippen molar-refractivity contribution >= 4 is 60.7 Å². The van der Waals surface area contributed by atoms with Crippen LogP contribution in [0.1, 0.15) is 27.9 Å². The molecule has 11 heteroatoms.